The molecule has 0 unspecified atom stereocenters. The minimum atomic E-state index is -0.324. The first-order valence-corrected chi connectivity index (χ1v) is 8.08. The minimum absolute atomic E-state index is 0.123. The number of hydrogen-bond acceptors (Lipinski definition) is 3. The lowest BCUT2D eigenvalue weighted by atomic mass is 9.99. The number of carbonyl (C=O) groups excluding carboxylic acids is 2. The fourth-order valence-electron chi connectivity index (χ4n) is 2.42. The molecule has 0 bridgehead atoms. The number of ketones is 1. The van der Waals surface area contributed by atoms with Crippen LogP contribution in [0.4, 0.5) is 0 Å². The van der Waals surface area contributed by atoms with Crippen LogP contribution in [-0.4, -0.2) is 22.2 Å². The molecule has 0 fully saturated rings. The Kier molecular flexibility index (Phi) is 5.50. The zero-order chi connectivity index (χ0) is 17.7. The van der Waals surface area contributed by atoms with E-state index in [9.17, 15) is 9.59 Å². The molecule has 0 aliphatic rings. The number of aryl methyl sites for hydroxylation is 1. The molecule has 0 saturated carbocycles. The maximum atomic E-state index is 12.3. The lowest BCUT2D eigenvalue weighted by molar-refractivity contribution is -0.117. The number of nitrogens with one attached hydrogen (secondary N) is 1. The first kappa shape index (κ1) is 17.9. The highest BCUT2D eigenvalue weighted by atomic mass is 16.2. The van der Waals surface area contributed by atoms with E-state index in [0.29, 0.717) is 18.5 Å². The maximum absolute atomic E-state index is 12.3. The van der Waals surface area contributed by atoms with Crippen molar-refractivity contribution < 1.29 is 9.59 Å². The molecule has 0 spiro atoms. The quantitative estimate of drug-likeness (QED) is 0.918. The molecule has 126 valence electrons. The van der Waals surface area contributed by atoms with E-state index in [1.54, 1.807) is 18.3 Å². The van der Waals surface area contributed by atoms with Gasteiger partial charge in [0.2, 0.25) is 0 Å². The van der Waals surface area contributed by atoms with Crippen molar-refractivity contribution in [3.8, 4) is 0 Å². The molecule has 24 heavy (non-hydrogen) atoms. The topological polar surface area (TPSA) is 59.1 Å². The van der Waals surface area contributed by atoms with Crippen LogP contribution in [0.1, 0.15) is 48.0 Å². The molecule has 2 aromatic rings. The summed E-state index contributed by atoms with van der Waals surface area (Å²) in [6.07, 6.45) is 2.28. The van der Waals surface area contributed by atoms with Gasteiger partial charge in [-0.05, 0) is 56.5 Å². The van der Waals surface area contributed by atoms with Crippen LogP contribution in [0.25, 0.3) is 0 Å². The van der Waals surface area contributed by atoms with Crippen LogP contribution < -0.4 is 5.32 Å². The van der Waals surface area contributed by atoms with Gasteiger partial charge in [0.1, 0.15) is 11.5 Å². The lowest BCUT2D eigenvalue weighted by Crippen LogP contribution is -2.40. The number of pyridine rings is 1. The smallest absolute Gasteiger partial charge is 0.270 e. The van der Waals surface area contributed by atoms with Crippen LogP contribution in [0.15, 0.2) is 42.6 Å². The van der Waals surface area contributed by atoms with Crippen LogP contribution in [0.3, 0.4) is 0 Å². The van der Waals surface area contributed by atoms with Gasteiger partial charge in [-0.1, -0.05) is 24.3 Å². The second kappa shape index (κ2) is 7.39. The molecule has 1 N–H and O–H groups in total. The number of carbonyl (C=O) groups is 2. The van der Waals surface area contributed by atoms with Gasteiger partial charge in [-0.25, -0.2) is 0 Å². The van der Waals surface area contributed by atoms with E-state index in [2.05, 4.69) is 10.3 Å². The van der Waals surface area contributed by atoms with Crippen molar-refractivity contribution in [3.63, 3.8) is 0 Å². The van der Waals surface area contributed by atoms with E-state index in [0.717, 1.165) is 16.7 Å². The number of Topliss-reactive ketones (excluding diaryl/α,β-unsaturated/α-hetero) is 1. The summed E-state index contributed by atoms with van der Waals surface area (Å²) in [5, 5.41) is 2.88. The summed E-state index contributed by atoms with van der Waals surface area (Å²) >= 11 is 0. The third-order valence-corrected chi connectivity index (χ3v) is 3.60. The first-order valence-electron chi connectivity index (χ1n) is 8.08. The molecule has 4 nitrogen and oxygen atoms in total. The van der Waals surface area contributed by atoms with Crippen molar-refractivity contribution >= 4 is 11.7 Å². The van der Waals surface area contributed by atoms with Crippen LogP contribution in [0, 0.1) is 6.92 Å². The van der Waals surface area contributed by atoms with Crippen LogP contribution >= 0.6 is 0 Å². The average Bonchev–Trinajstić information content (AvgIpc) is 2.48. The highest BCUT2D eigenvalue weighted by Crippen LogP contribution is 2.11. The monoisotopic (exact) mass is 324 g/mol. The minimum Gasteiger partial charge on any atom is -0.346 e. The van der Waals surface area contributed by atoms with Crippen LogP contribution in [0.2, 0.25) is 0 Å². The molecule has 4 heteroatoms. The first-order chi connectivity index (χ1) is 11.2. The molecule has 0 aliphatic heterocycles. The van der Waals surface area contributed by atoms with Crippen molar-refractivity contribution in [1.29, 1.82) is 0 Å². The summed E-state index contributed by atoms with van der Waals surface area (Å²) in [5.74, 6) is -0.103. The van der Waals surface area contributed by atoms with Gasteiger partial charge in [-0.15, -0.1) is 0 Å². The fraction of sp³-hybridized carbons (Fsp3) is 0.350. The van der Waals surface area contributed by atoms with Gasteiger partial charge in [-0.3, -0.25) is 14.6 Å². The Balaban J connectivity index is 2.05. The molecule has 2 rings (SSSR count). The number of rotatable bonds is 5. The number of aromatic nitrogens is 1. The Hall–Kier alpha value is -2.49. The molecule has 0 aliphatic carbocycles. The second-order valence-corrected chi connectivity index (χ2v) is 7.07. The highest BCUT2D eigenvalue weighted by molar-refractivity contribution is 5.93. The SMILES string of the molecule is Cc1ccccc1CC(=O)Cc1ccnc(C(=O)NC(C)(C)C)c1. The second-order valence-electron chi connectivity index (χ2n) is 7.07. The predicted molar refractivity (Wildman–Crippen MR) is 95.1 cm³/mol. The van der Waals surface area contributed by atoms with Crippen molar-refractivity contribution in [2.75, 3.05) is 0 Å². The van der Waals surface area contributed by atoms with E-state index in [1.165, 1.54) is 0 Å². The lowest BCUT2D eigenvalue weighted by Gasteiger charge is -2.20. The zero-order valence-electron chi connectivity index (χ0n) is 14.7. The van der Waals surface area contributed by atoms with Crippen LogP contribution in [0.5, 0.6) is 0 Å². The Morgan fingerprint density at radius 1 is 1.08 bits per heavy atom. The molecular formula is C20H24N2O2. The summed E-state index contributed by atoms with van der Waals surface area (Å²) in [6.45, 7) is 7.76. The maximum Gasteiger partial charge on any atom is 0.270 e. The predicted octanol–water partition coefficient (Wildman–Crippen LogP) is 3.27. The van der Waals surface area contributed by atoms with Crippen molar-refractivity contribution in [1.82, 2.24) is 10.3 Å². The summed E-state index contributed by atoms with van der Waals surface area (Å²) < 4.78 is 0. The average molecular weight is 324 g/mol. The number of amides is 1. The molecule has 1 aromatic carbocycles. The molecule has 1 heterocycles. The molecule has 0 atom stereocenters. The molecule has 0 radical (unpaired) electrons. The summed E-state index contributed by atoms with van der Waals surface area (Å²) in [7, 11) is 0. The van der Waals surface area contributed by atoms with Gasteiger partial charge < -0.3 is 5.32 Å². The fourth-order valence-corrected chi connectivity index (χ4v) is 2.42. The Morgan fingerprint density at radius 2 is 1.79 bits per heavy atom. The third kappa shape index (κ3) is 5.30. The molecule has 1 amide bonds. The van der Waals surface area contributed by atoms with E-state index in [1.807, 2.05) is 52.0 Å². The summed E-state index contributed by atoms with van der Waals surface area (Å²) in [5.41, 5.74) is 2.98. The molecular weight excluding hydrogens is 300 g/mol. The Bertz CT molecular complexity index is 745. The van der Waals surface area contributed by atoms with E-state index < -0.39 is 0 Å². The van der Waals surface area contributed by atoms with Crippen molar-refractivity contribution in [3.05, 3.63) is 65.0 Å². The van der Waals surface area contributed by atoms with E-state index >= 15 is 0 Å². The van der Waals surface area contributed by atoms with Crippen molar-refractivity contribution in [2.45, 2.75) is 46.1 Å². The van der Waals surface area contributed by atoms with Crippen LogP contribution in [-0.2, 0) is 17.6 Å². The Labute approximate surface area is 143 Å². The Morgan fingerprint density at radius 3 is 2.46 bits per heavy atom. The van der Waals surface area contributed by atoms with E-state index in [-0.39, 0.29) is 17.2 Å². The summed E-state index contributed by atoms with van der Waals surface area (Å²) in [6, 6.07) is 11.4. The van der Waals surface area contributed by atoms with Gasteiger partial charge >= 0.3 is 0 Å². The highest BCUT2D eigenvalue weighted by Gasteiger charge is 2.17. The normalized spacial score (nSPS) is 11.2. The number of hydrogen-bond donors (Lipinski definition) is 1. The number of nitrogens with zero attached hydrogens (tertiary/aromatic N) is 1. The molecule has 0 saturated heterocycles. The third-order valence-electron chi connectivity index (χ3n) is 3.60. The summed E-state index contributed by atoms with van der Waals surface area (Å²) in [4.78, 5) is 28.6. The van der Waals surface area contributed by atoms with Gasteiger partial charge in [0.05, 0.1) is 0 Å². The van der Waals surface area contributed by atoms with Gasteiger partial charge in [0.25, 0.3) is 5.91 Å². The van der Waals surface area contributed by atoms with Gasteiger partial charge in [0.15, 0.2) is 0 Å². The van der Waals surface area contributed by atoms with E-state index in [4.69, 9.17) is 0 Å². The largest absolute Gasteiger partial charge is 0.346 e. The number of benzene rings is 1. The standard InChI is InChI=1S/C20H24N2O2/c1-14-7-5-6-8-16(14)13-17(23)11-15-9-10-21-18(12-15)19(24)22-20(2,3)4/h5-10,12H,11,13H2,1-4H3,(H,22,24). The van der Waals surface area contributed by atoms with Crippen molar-refractivity contribution in [2.24, 2.45) is 0 Å². The van der Waals surface area contributed by atoms with Gasteiger partial charge in [0, 0.05) is 24.6 Å². The molecule has 1 aromatic heterocycles. The zero-order valence-corrected chi connectivity index (χ0v) is 14.7. The van der Waals surface area contributed by atoms with Gasteiger partial charge in [-0.2, -0.15) is 0 Å².